The molecule has 0 fully saturated rings. The Bertz CT molecular complexity index is 1290. The average molecular weight is 527 g/mol. The summed E-state index contributed by atoms with van der Waals surface area (Å²) in [5, 5.41) is 0.716. The van der Waals surface area contributed by atoms with Crippen molar-refractivity contribution in [1.82, 2.24) is 4.90 Å². The number of carbonyl (C=O) groups is 1. The maximum atomic E-state index is 13.2. The van der Waals surface area contributed by atoms with Crippen molar-refractivity contribution < 1.29 is 19.0 Å². The predicted octanol–water partition coefficient (Wildman–Crippen LogP) is 6.39. The number of ether oxygens (including phenoxy) is 3. The summed E-state index contributed by atoms with van der Waals surface area (Å²) in [6, 6.07) is 15.3. The van der Waals surface area contributed by atoms with Gasteiger partial charge < -0.3 is 14.2 Å². The molecule has 2 heterocycles. The highest BCUT2D eigenvalue weighted by Crippen LogP contribution is 2.43. The van der Waals surface area contributed by atoms with Crippen molar-refractivity contribution >= 4 is 39.4 Å². The van der Waals surface area contributed by atoms with Crippen LogP contribution in [0.4, 0.5) is 0 Å². The summed E-state index contributed by atoms with van der Waals surface area (Å²) in [7, 11) is 1.60. The number of hydrogen-bond acceptors (Lipinski definition) is 5. The van der Waals surface area contributed by atoms with Crippen LogP contribution in [0.5, 0.6) is 17.2 Å². The van der Waals surface area contributed by atoms with Gasteiger partial charge in [-0.3, -0.25) is 9.69 Å². The molecule has 0 aliphatic carbocycles. The number of nitrogens with zero attached hydrogens (tertiary/aromatic N) is 1. The molecule has 0 unspecified atom stereocenters. The predicted molar refractivity (Wildman–Crippen MR) is 131 cm³/mol. The molecule has 3 aromatic carbocycles. The first kappa shape index (κ1) is 22.0. The van der Waals surface area contributed by atoms with Gasteiger partial charge in [-0.2, -0.15) is 0 Å². The topological polar surface area (TPSA) is 48.0 Å². The van der Waals surface area contributed by atoms with Crippen LogP contribution in [0.15, 0.2) is 58.8 Å². The van der Waals surface area contributed by atoms with Crippen LogP contribution in [0.25, 0.3) is 6.08 Å². The fourth-order valence-corrected chi connectivity index (χ4v) is 4.71. The lowest BCUT2D eigenvalue weighted by Crippen LogP contribution is -2.32. The lowest BCUT2D eigenvalue weighted by atomic mass is 9.99. The van der Waals surface area contributed by atoms with Gasteiger partial charge in [0.05, 0.1) is 12.7 Å². The van der Waals surface area contributed by atoms with Gasteiger partial charge >= 0.3 is 0 Å². The Hall–Kier alpha value is -2.80. The molecule has 0 saturated carbocycles. The fourth-order valence-electron chi connectivity index (χ4n) is 4.21. The van der Waals surface area contributed by atoms with Gasteiger partial charge in [-0.25, -0.2) is 0 Å². The summed E-state index contributed by atoms with van der Waals surface area (Å²) < 4.78 is 18.4. The average Bonchev–Trinajstić information content (AvgIpc) is 3.11. The van der Waals surface area contributed by atoms with E-state index in [0.717, 1.165) is 39.0 Å². The van der Waals surface area contributed by atoms with Crippen molar-refractivity contribution in [3.8, 4) is 17.2 Å². The Balaban J connectivity index is 1.43. The maximum absolute atomic E-state index is 13.2. The molecule has 5 rings (SSSR count). The number of carbonyl (C=O) groups excluding carboxylic acids is 1. The van der Waals surface area contributed by atoms with E-state index < -0.39 is 0 Å². The van der Waals surface area contributed by atoms with Crippen molar-refractivity contribution in [2.75, 3.05) is 13.8 Å². The molecule has 0 N–H and O–H groups in total. The second-order valence-electron chi connectivity index (χ2n) is 8.08. The third-order valence-corrected chi connectivity index (χ3v) is 6.54. The molecule has 0 amide bonds. The Labute approximate surface area is 205 Å². The van der Waals surface area contributed by atoms with Gasteiger partial charge in [0.2, 0.25) is 5.78 Å². The molecule has 0 radical (unpaired) electrons. The molecule has 33 heavy (non-hydrogen) atoms. The molecule has 168 valence electrons. The summed E-state index contributed by atoms with van der Waals surface area (Å²) in [6.07, 6.45) is 1.72. The van der Waals surface area contributed by atoms with Gasteiger partial charge in [0.15, 0.2) is 5.76 Å². The molecule has 5 nitrogen and oxygen atoms in total. The monoisotopic (exact) mass is 525 g/mol. The van der Waals surface area contributed by atoms with Gasteiger partial charge in [-0.15, -0.1) is 0 Å². The number of methoxy groups -OCH3 is 1. The molecule has 2 aliphatic heterocycles. The Morgan fingerprint density at radius 3 is 2.70 bits per heavy atom. The highest BCUT2D eigenvalue weighted by atomic mass is 79.9. The van der Waals surface area contributed by atoms with E-state index in [1.165, 1.54) is 0 Å². The van der Waals surface area contributed by atoms with Crippen LogP contribution in [0.1, 0.15) is 32.6 Å². The highest BCUT2D eigenvalue weighted by molar-refractivity contribution is 9.10. The van der Waals surface area contributed by atoms with Crippen LogP contribution >= 0.6 is 27.5 Å². The number of benzene rings is 3. The molecule has 0 spiro atoms. The van der Waals surface area contributed by atoms with E-state index in [1.807, 2.05) is 55.5 Å². The van der Waals surface area contributed by atoms with Gasteiger partial charge in [0.1, 0.15) is 24.0 Å². The van der Waals surface area contributed by atoms with Crippen LogP contribution in [0.2, 0.25) is 5.02 Å². The van der Waals surface area contributed by atoms with Crippen LogP contribution < -0.4 is 14.2 Å². The van der Waals surface area contributed by atoms with Gasteiger partial charge in [0.25, 0.3) is 0 Å². The first-order valence-electron chi connectivity index (χ1n) is 10.5. The summed E-state index contributed by atoms with van der Waals surface area (Å²) in [4.78, 5) is 15.4. The molecule has 2 aliphatic rings. The Morgan fingerprint density at radius 1 is 1.15 bits per heavy atom. The normalized spacial score (nSPS) is 16.2. The largest absolute Gasteiger partial charge is 0.496 e. The first-order valence-corrected chi connectivity index (χ1v) is 11.6. The van der Waals surface area contributed by atoms with Crippen molar-refractivity contribution in [3.05, 3.63) is 91.6 Å². The minimum atomic E-state index is -0.146. The van der Waals surface area contributed by atoms with E-state index in [0.29, 0.717) is 35.4 Å². The van der Waals surface area contributed by atoms with Gasteiger partial charge in [-0.1, -0.05) is 39.7 Å². The summed E-state index contributed by atoms with van der Waals surface area (Å²) >= 11 is 9.47. The van der Waals surface area contributed by atoms with Crippen molar-refractivity contribution in [3.63, 3.8) is 0 Å². The first-order chi connectivity index (χ1) is 15.9. The quantitative estimate of drug-likeness (QED) is 0.369. The van der Waals surface area contributed by atoms with Crippen LogP contribution in [0, 0.1) is 6.92 Å². The number of fused-ring (bicyclic) bond motifs is 2. The number of hydrogen-bond donors (Lipinski definition) is 0. The Kier molecular flexibility index (Phi) is 5.91. The van der Waals surface area contributed by atoms with E-state index in [4.69, 9.17) is 25.8 Å². The molecule has 0 aromatic heterocycles. The third-order valence-electron chi connectivity index (χ3n) is 5.80. The number of allylic oxidation sites excluding steroid dienone is 1. The second kappa shape index (κ2) is 8.86. The van der Waals surface area contributed by atoms with Crippen LogP contribution in [0.3, 0.4) is 0 Å². The zero-order chi connectivity index (χ0) is 23.1. The zero-order valence-corrected chi connectivity index (χ0v) is 20.5. The van der Waals surface area contributed by atoms with Gasteiger partial charge in [0, 0.05) is 39.3 Å². The molecular formula is C26H21BrClNO4. The van der Waals surface area contributed by atoms with E-state index in [9.17, 15) is 4.79 Å². The Morgan fingerprint density at radius 2 is 1.94 bits per heavy atom. The van der Waals surface area contributed by atoms with Crippen molar-refractivity contribution in [2.24, 2.45) is 0 Å². The number of rotatable bonds is 4. The second-order valence-corrected chi connectivity index (χ2v) is 9.43. The molecule has 0 saturated heterocycles. The van der Waals surface area contributed by atoms with Gasteiger partial charge in [-0.05, 0) is 55.0 Å². The molecule has 0 bridgehead atoms. The zero-order valence-electron chi connectivity index (χ0n) is 18.2. The van der Waals surface area contributed by atoms with E-state index in [1.54, 1.807) is 13.2 Å². The van der Waals surface area contributed by atoms with E-state index >= 15 is 0 Å². The van der Waals surface area contributed by atoms with Crippen LogP contribution in [-0.2, 0) is 13.1 Å². The summed E-state index contributed by atoms with van der Waals surface area (Å²) in [5.74, 6) is 2.13. The summed E-state index contributed by atoms with van der Waals surface area (Å²) in [5.41, 5.74) is 4.28. The number of Topliss-reactive ketones (excluding diaryl/α,β-unsaturated/α-hetero) is 1. The minimum Gasteiger partial charge on any atom is -0.496 e. The van der Waals surface area contributed by atoms with E-state index in [-0.39, 0.29) is 11.5 Å². The van der Waals surface area contributed by atoms with Crippen molar-refractivity contribution in [2.45, 2.75) is 20.0 Å². The summed E-state index contributed by atoms with van der Waals surface area (Å²) in [6.45, 7) is 3.80. The molecular weight excluding hydrogens is 506 g/mol. The smallest absolute Gasteiger partial charge is 0.231 e. The minimum absolute atomic E-state index is 0.146. The van der Waals surface area contributed by atoms with Crippen molar-refractivity contribution in [1.29, 1.82) is 0 Å². The van der Waals surface area contributed by atoms with Crippen LogP contribution in [-0.4, -0.2) is 24.5 Å². The van der Waals surface area contributed by atoms with E-state index in [2.05, 4.69) is 20.8 Å². The molecule has 3 aromatic rings. The highest BCUT2D eigenvalue weighted by Gasteiger charge is 2.33. The number of ketones is 1. The number of halogens is 2. The lowest BCUT2D eigenvalue weighted by molar-refractivity contribution is 0.0876. The third kappa shape index (κ3) is 4.26. The molecule has 7 heteroatoms. The SMILES string of the molecule is COc1ccc(Br)cc1/C=C1\Oc2c(cc3c(c2C)OCN(Cc2ccc(Cl)cc2)C3)C1=O. The lowest BCUT2D eigenvalue weighted by Gasteiger charge is -2.30. The maximum Gasteiger partial charge on any atom is 0.231 e. The molecule has 0 atom stereocenters. The standard InChI is InChI=1S/C26H21BrClNO4/c1-15-25-18(13-29(14-32-25)12-16-3-6-20(28)7-4-16)10-21-24(30)23(33-26(15)21)11-17-9-19(27)5-8-22(17)31-2/h3-11H,12-14H2,1-2H3/b23-11-. The fraction of sp³-hybridized carbons (Fsp3) is 0.192.